The number of halogens is 1. The first-order valence-corrected chi connectivity index (χ1v) is 7.83. The minimum atomic E-state index is -0.0572. The predicted molar refractivity (Wildman–Crippen MR) is 87.2 cm³/mol. The van der Waals surface area contributed by atoms with E-state index in [4.69, 9.17) is 16.3 Å². The molecule has 0 radical (unpaired) electrons. The van der Waals surface area contributed by atoms with Crippen molar-refractivity contribution in [2.75, 3.05) is 13.2 Å². The van der Waals surface area contributed by atoms with Crippen LogP contribution in [0.15, 0.2) is 36.4 Å². The summed E-state index contributed by atoms with van der Waals surface area (Å²) in [4.78, 5) is 12.4. The van der Waals surface area contributed by atoms with E-state index in [0.717, 1.165) is 30.7 Å². The number of carbonyl (C=O) groups excluding carboxylic acids is 1. The number of carbonyl (C=O) groups is 1. The average Bonchev–Trinajstić information content (AvgIpc) is 2.91. The monoisotopic (exact) mass is 318 g/mol. The maximum absolute atomic E-state index is 12.4. The van der Waals surface area contributed by atoms with Gasteiger partial charge in [0.25, 0.3) is 5.91 Å². The Morgan fingerprint density at radius 3 is 2.73 bits per heavy atom. The van der Waals surface area contributed by atoms with Gasteiger partial charge in [0.1, 0.15) is 5.69 Å². The van der Waals surface area contributed by atoms with Gasteiger partial charge >= 0.3 is 0 Å². The molecule has 0 spiro atoms. The van der Waals surface area contributed by atoms with Crippen LogP contribution in [0.5, 0.6) is 0 Å². The highest BCUT2D eigenvalue weighted by atomic mass is 35.5. The Hall–Kier alpha value is -1.78. The molecule has 1 aliphatic rings. The van der Waals surface area contributed by atoms with Crippen molar-refractivity contribution in [2.24, 2.45) is 7.05 Å². The number of benzene rings is 1. The zero-order valence-corrected chi connectivity index (χ0v) is 13.3. The molecule has 1 atom stereocenters. The molecule has 0 unspecified atom stereocenters. The molecule has 1 saturated heterocycles. The third kappa shape index (κ3) is 3.18. The van der Waals surface area contributed by atoms with Crippen LogP contribution in [0.2, 0.25) is 5.02 Å². The summed E-state index contributed by atoms with van der Waals surface area (Å²) in [7, 11) is 1.90. The zero-order chi connectivity index (χ0) is 15.5. The van der Waals surface area contributed by atoms with E-state index in [-0.39, 0.29) is 11.9 Å². The molecule has 5 heteroatoms. The molecule has 1 N–H and O–H groups in total. The normalized spacial score (nSPS) is 18.2. The standard InChI is InChI=1S/C17H19ClN2O2/c1-20-15(12-4-6-13(18)7-5-12)8-9-16(20)17(21)19-14-3-2-10-22-11-14/h4-9,14H,2-3,10-11H2,1H3,(H,19,21)/t14-/m0/s1. The maximum atomic E-state index is 12.4. The molecule has 22 heavy (non-hydrogen) atoms. The van der Waals surface area contributed by atoms with Crippen molar-refractivity contribution in [1.82, 2.24) is 9.88 Å². The first-order valence-electron chi connectivity index (χ1n) is 7.45. The lowest BCUT2D eigenvalue weighted by Gasteiger charge is -2.23. The van der Waals surface area contributed by atoms with Crippen LogP contribution in [0.3, 0.4) is 0 Å². The van der Waals surface area contributed by atoms with Gasteiger partial charge in [-0.2, -0.15) is 0 Å². The van der Waals surface area contributed by atoms with Gasteiger partial charge in [-0.3, -0.25) is 4.79 Å². The SMILES string of the molecule is Cn1c(C(=O)N[C@H]2CCCOC2)ccc1-c1ccc(Cl)cc1. The number of rotatable bonds is 3. The molecule has 0 saturated carbocycles. The van der Waals surface area contributed by atoms with Crippen molar-refractivity contribution < 1.29 is 9.53 Å². The third-order valence-corrected chi connectivity index (χ3v) is 4.24. The van der Waals surface area contributed by atoms with Crippen molar-refractivity contribution in [2.45, 2.75) is 18.9 Å². The average molecular weight is 319 g/mol. The summed E-state index contributed by atoms with van der Waals surface area (Å²) in [5, 5.41) is 3.75. The van der Waals surface area contributed by atoms with Crippen LogP contribution in [-0.4, -0.2) is 29.7 Å². The molecule has 1 aliphatic heterocycles. The van der Waals surface area contributed by atoms with Gasteiger partial charge in [-0.15, -0.1) is 0 Å². The second-order valence-corrected chi connectivity index (χ2v) is 5.99. The van der Waals surface area contributed by atoms with E-state index in [1.54, 1.807) is 0 Å². The highest BCUT2D eigenvalue weighted by Crippen LogP contribution is 2.23. The lowest BCUT2D eigenvalue weighted by molar-refractivity contribution is 0.0620. The molecule has 0 aliphatic carbocycles. The molecule has 1 amide bonds. The summed E-state index contributed by atoms with van der Waals surface area (Å²) in [5.41, 5.74) is 2.67. The molecule has 3 rings (SSSR count). The fraction of sp³-hybridized carbons (Fsp3) is 0.353. The first kappa shape index (κ1) is 15.1. The zero-order valence-electron chi connectivity index (χ0n) is 12.5. The molecular weight excluding hydrogens is 300 g/mol. The van der Waals surface area contributed by atoms with Crippen molar-refractivity contribution in [3.05, 3.63) is 47.1 Å². The Labute approximate surface area is 135 Å². The van der Waals surface area contributed by atoms with Crippen molar-refractivity contribution in [3.63, 3.8) is 0 Å². The van der Waals surface area contributed by atoms with E-state index >= 15 is 0 Å². The number of aromatic nitrogens is 1. The van der Waals surface area contributed by atoms with Crippen LogP contribution in [-0.2, 0) is 11.8 Å². The van der Waals surface area contributed by atoms with E-state index in [0.29, 0.717) is 17.3 Å². The van der Waals surface area contributed by atoms with Crippen molar-refractivity contribution >= 4 is 17.5 Å². The highest BCUT2D eigenvalue weighted by molar-refractivity contribution is 6.30. The summed E-state index contributed by atoms with van der Waals surface area (Å²) in [6.07, 6.45) is 1.97. The van der Waals surface area contributed by atoms with Crippen LogP contribution in [0.1, 0.15) is 23.3 Å². The Morgan fingerprint density at radius 1 is 1.27 bits per heavy atom. The van der Waals surface area contributed by atoms with Gasteiger partial charge in [0.15, 0.2) is 0 Å². The topological polar surface area (TPSA) is 43.3 Å². The minimum Gasteiger partial charge on any atom is -0.379 e. The number of nitrogens with zero attached hydrogens (tertiary/aromatic N) is 1. The fourth-order valence-corrected chi connectivity index (χ4v) is 2.89. The molecule has 0 bridgehead atoms. The van der Waals surface area contributed by atoms with E-state index < -0.39 is 0 Å². The van der Waals surface area contributed by atoms with Crippen LogP contribution in [0.25, 0.3) is 11.3 Å². The number of amides is 1. The second-order valence-electron chi connectivity index (χ2n) is 5.56. The van der Waals surface area contributed by atoms with Gasteiger partial charge in [-0.1, -0.05) is 23.7 Å². The summed E-state index contributed by atoms with van der Waals surface area (Å²) >= 11 is 5.92. The first-order chi connectivity index (χ1) is 10.6. The Kier molecular flexibility index (Phi) is 4.50. The lowest BCUT2D eigenvalue weighted by Crippen LogP contribution is -2.41. The summed E-state index contributed by atoms with van der Waals surface area (Å²) in [6.45, 7) is 1.39. The van der Waals surface area contributed by atoms with Gasteiger partial charge in [-0.05, 0) is 42.7 Å². The van der Waals surface area contributed by atoms with Crippen LogP contribution < -0.4 is 5.32 Å². The van der Waals surface area contributed by atoms with E-state index in [9.17, 15) is 4.79 Å². The maximum Gasteiger partial charge on any atom is 0.268 e. The largest absolute Gasteiger partial charge is 0.379 e. The number of hydrogen-bond donors (Lipinski definition) is 1. The summed E-state index contributed by atoms with van der Waals surface area (Å²) in [6, 6.07) is 11.5. The molecule has 1 aromatic carbocycles. The number of ether oxygens (including phenoxy) is 1. The van der Waals surface area contributed by atoms with E-state index in [1.807, 2.05) is 48.0 Å². The second kappa shape index (κ2) is 6.55. The minimum absolute atomic E-state index is 0.0572. The predicted octanol–water partition coefficient (Wildman–Crippen LogP) is 3.25. The van der Waals surface area contributed by atoms with E-state index in [2.05, 4.69) is 5.32 Å². The summed E-state index contributed by atoms with van der Waals surface area (Å²) < 4.78 is 7.31. The molecule has 4 nitrogen and oxygen atoms in total. The Balaban J connectivity index is 1.77. The Bertz CT molecular complexity index is 658. The summed E-state index contributed by atoms with van der Waals surface area (Å²) in [5.74, 6) is -0.0572. The van der Waals surface area contributed by atoms with Gasteiger partial charge in [0.05, 0.1) is 12.6 Å². The molecule has 2 heterocycles. The number of hydrogen-bond acceptors (Lipinski definition) is 2. The quantitative estimate of drug-likeness (QED) is 0.944. The molecule has 1 aromatic heterocycles. The van der Waals surface area contributed by atoms with Gasteiger partial charge in [0.2, 0.25) is 0 Å². The van der Waals surface area contributed by atoms with Crippen LogP contribution in [0.4, 0.5) is 0 Å². The smallest absolute Gasteiger partial charge is 0.268 e. The molecule has 116 valence electrons. The number of nitrogens with one attached hydrogen (secondary N) is 1. The molecular formula is C17H19ClN2O2. The lowest BCUT2D eigenvalue weighted by atomic mass is 10.1. The molecule has 2 aromatic rings. The van der Waals surface area contributed by atoms with Crippen LogP contribution in [0, 0.1) is 0 Å². The van der Waals surface area contributed by atoms with Gasteiger partial charge < -0.3 is 14.6 Å². The van der Waals surface area contributed by atoms with E-state index in [1.165, 1.54) is 0 Å². The highest BCUT2D eigenvalue weighted by Gasteiger charge is 2.19. The molecule has 1 fully saturated rings. The van der Waals surface area contributed by atoms with Gasteiger partial charge in [-0.25, -0.2) is 0 Å². The van der Waals surface area contributed by atoms with Crippen molar-refractivity contribution in [3.8, 4) is 11.3 Å². The van der Waals surface area contributed by atoms with Gasteiger partial charge in [0, 0.05) is 24.4 Å². The van der Waals surface area contributed by atoms with Crippen LogP contribution >= 0.6 is 11.6 Å². The van der Waals surface area contributed by atoms with Crippen molar-refractivity contribution in [1.29, 1.82) is 0 Å². The Morgan fingerprint density at radius 2 is 2.05 bits per heavy atom. The third-order valence-electron chi connectivity index (χ3n) is 3.99. The fourth-order valence-electron chi connectivity index (χ4n) is 2.76.